The predicted molar refractivity (Wildman–Crippen MR) is 68.1 cm³/mol. The number of imide groups is 1. The van der Waals surface area contributed by atoms with E-state index >= 15 is 0 Å². The molecule has 1 aromatic carbocycles. The molecule has 0 bridgehead atoms. The van der Waals surface area contributed by atoms with Gasteiger partial charge in [0.1, 0.15) is 11.8 Å². The highest BCUT2D eigenvalue weighted by molar-refractivity contribution is 6.05. The molecule has 2 rings (SSSR count). The zero-order valence-electron chi connectivity index (χ0n) is 10.8. The van der Waals surface area contributed by atoms with Gasteiger partial charge in [-0.2, -0.15) is 0 Å². The zero-order chi connectivity index (χ0) is 14.7. The SMILES string of the molecule is COc1ccc(CN2C(=O)N[C@H](CC(=O)O)C2=O)cc1. The summed E-state index contributed by atoms with van der Waals surface area (Å²) in [7, 11) is 1.54. The van der Waals surface area contributed by atoms with Crippen LogP contribution in [0, 0.1) is 0 Å². The van der Waals surface area contributed by atoms with Crippen molar-refractivity contribution < 1.29 is 24.2 Å². The topological polar surface area (TPSA) is 95.9 Å². The highest BCUT2D eigenvalue weighted by atomic mass is 16.5. The van der Waals surface area contributed by atoms with Gasteiger partial charge in [-0.1, -0.05) is 12.1 Å². The fourth-order valence-electron chi connectivity index (χ4n) is 1.95. The van der Waals surface area contributed by atoms with Crippen molar-refractivity contribution in [1.82, 2.24) is 10.2 Å². The van der Waals surface area contributed by atoms with Crippen molar-refractivity contribution in [3.63, 3.8) is 0 Å². The molecule has 2 N–H and O–H groups in total. The normalized spacial score (nSPS) is 18.1. The van der Waals surface area contributed by atoms with Crippen LogP contribution in [0.15, 0.2) is 24.3 Å². The Morgan fingerprint density at radius 2 is 2.00 bits per heavy atom. The van der Waals surface area contributed by atoms with Crippen molar-refractivity contribution in [2.24, 2.45) is 0 Å². The Balaban J connectivity index is 2.06. The minimum Gasteiger partial charge on any atom is -0.497 e. The van der Waals surface area contributed by atoms with Crippen LogP contribution in [-0.2, 0) is 16.1 Å². The number of benzene rings is 1. The van der Waals surface area contributed by atoms with E-state index in [2.05, 4.69) is 5.32 Å². The van der Waals surface area contributed by atoms with Crippen molar-refractivity contribution in [3.05, 3.63) is 29.8 Å². The van der Waals surface area contributed by atoms with E-state index in [4.69, 9.17) is 9.84 Å². The summed E-state index contributed by atoms with van der Waals surface area (Å²) in [4.78, 5) is 35.2. The van der Waals surface area contributed by atoms with Crippen LogP contribution in [0.1, 0.15) is 12.0 Å². The molecule has 0 unspecified atom stereocenters. The molecule has 1 aromatic rings. The molecule has 1 aliphatic rings. The fourth-order valence-corrected chi connectivity index (χ4v) is 1.95. The number of hydrogen-bond donors (Lipinski definition) is 2. The number of urea groups is 1. The van der Waals surface area contributed by atoms with E-state index in [9.17, 15) is 14.4 Å². The second-order valence-electron chi connectivity index (χ2n) is 4.37. The molecule has 7 nitrogen and oxygen atoms in total. The third-order valence-electron chi connectivity index (χ3n) is 2.99. The molecule has 106 valence electrons. The van der Waals surface area contributed by atoms with Gasteiger partial charge in [0.05, 0.1) is 20.1 Å². The van der Waals surface area contributed by atoms with E-state index in [0.29, 0.717) is 5.75 Å². The number of aliphatic carboxylic acids is 1. The van der Waals surface area contributed by atoms with Crippen molar-refractivity contribution in [1.29, 1.82) is 0 Å². The van der Waals surface area contributed by atoms with E-state index in [-0.39, 0.29) is 6.54 Å². The van der Waals surface area contributed by atoms with E-state index < -0.39 is 30.4 Å². The van der Waals surface area contributed by atoms with Crippen LogP contribution in [-0.4, -0.2) is 41.1 Å². The standard InChI is InChI=1S/C13H14N2O5/c1-20-9-4-2-8(3-5-9)7-15-12(18)10(6-11(16)17)14-13(15)19/h2-5,10H,6-7H2,1H3,(H,14,19)(H,16,17)/t10-/m1/s1. The molecule has 0 aromatic heterocycles. The van der Waals surface area contributed by atoms with Gasteiger partial charge < -0.3 is 15.2 Å². The van der Waals surface area contributed by atoms with Crippen LogP contribution in [0.25, 0.3) is 0 Å². The first-order valence-electron chi connectivity index (χ1n) is 5.98. The Bertz CT molecular complexity index is 540. The lowest BCUT2D eigenvalue weighted by Gasteiger charge is -2.13. The Kier molecular flexibility index (Phi) is 3.88. The molecule has 1 heterocycles. The Morgan fingerprint density at radius 3 is 2.55 bits per heavy atom. The molecule has 0 saturated carbocycles. The summed E-state index contributed by atoms with van der Waals surface area (Å²) in [6.45, 7) is 0.102. The summed E-state index contributed by atoms with van der Waals surface area (Å²) in [5.74, 6) is -0.974. The number of carbonyl (C=O) groups is 3. The summed E-state index contributed by atoms with van der Waals surface area (Å²) < 4.78 is 5.02. The van der Waals surface area contributed by atoms with E-state index in [1.54, 1.807) is 31.4 Å². The number of carboxylic acids is 1. The molecule has 3 amide bonds. The summed E-state index contributed by atoms with van der Waals surface area (Å²) >= 11 is 0. The predicted octanol–water partition coefficient (Wildman–Crippen LogP) is 0.590. The molecular formula is C13H14N2O5. The van der Waals surface area contributed by atoms with Gasteiger partial charge in [-0.3, -0.25) is 14.5 Å². The molecule has 0 aliphatic carbocycles. The maximum absolute atomic E-state index is 11.9. The van der Waals surface area contributed by atoms with Crippen molar-refractivity contribution >= 4 is 17.9 Å². The molecule has 1 fully saturated rings. The first kappa shape index (κ1) is 13.9. The van der Waals surface area contributed by atoms with Crippen LogP contribution in [0.2, 0.25) is 0 Å². The number of rotatable bonds is 5. The largest absolute Gasteiger partial charge is 0.497 e. The average molecular weight is 278 g/mol. The third-order valence-corrected chi connectivity index (χ3v) is 2.99. The zero-order valence-corrected chi connectivity index (χ0v) is 10.8. The van der Waals surface area contributed by atoms with Crippen molar-refractivity contribution in [2.75, 3.05) is 7.11 Å². The smallest absolute Gasteiger partial charge is 0.325 e. The highest BCUT2D eigenvalue weighted by Gasteiger charge is 2.38. The number of ether oxygens (including phenoxy) is 1. The van der Waals surface area contributed by atoms with E-state index in [1.807, 2.05) is 0 Å². The van der Waals surface area contributed by atoms with Gasteiger partial charge in [0.25, 0.3) is 5.91 Å². The molecule has 1 aliphatic heterocycles. The lowest BCUT2D eigenvalue weighted by atomic mass is 10.2. The molecule has 1 saturated heterocycles. The van der Waals surface area contributed by atoms with Gasteiger partial charge in [-0.05, 0) is 17.7 Å². The number of carbonyl (C=O) groups excluding carboxylic acids is 2. The van der Waals surface area contributed by atoms with Crippen LogP contribution in [0.3, 0.4) is 0 Å². The first-order chi connectivity index (χ1) is 9.51. The fraction of sp³-hybridized carbons (Fsp3) is 0.308. The lowest BCUT2D eigenvalue weighted by molar-refractivity contribution is -0.140. The molecule has 1 atom stereocenters. The minimum atomic E-state index is -1.13. The number of nitrogens with one attached hydrogen (secondary N) is 1. The van der Waals surface area contributed by atoms with E-state index in [1.165, 1.54) is 0 Å². The summed E-state index contributed by atoms with van der Waals surface area (Å²) in [6, 6.07) is 5.37. The number of hydrogen-bond acceptors (Lipinski definition) is 4. The minimum absolute atomic E-state index is 0.102. The first-order valence-corrected chi connectivity index (χ1v) is 5.98. The van der Waals surface area contributed by atoms with Gasteiger partial charge >= 0.3 is 12.0 Å². The van der Waals surface area contributed by atoms with Crippen LogP contribution >= 0.6 is 0 Å². The van der Waals surface area contributed by atoms with Gasteiger partial charge in [0, 0.05) is 0 Å². The number of nitrogens with zero attached hydrogens (tertiary/aromatic N) is 1. The average Bonchev–Trinajstić information content (AvgIpc) is 2.66. The monoisotopic (exact) mass is 278 g/mol. The molecular weight excluding hydrogens is 264 g/mol. The summed E-state index contributed by atoms with van der Waals surface area (Å²) in [5.41, 5.74) is 0.755. The van der Waals surface area contributed by atoms with E-state index in [0.717, 1.165) is 10.5 Å². The molecule has 7 heteroatoms. The van der Waals surface area contributed by atoms with Gasteiger partial charge in [0.2, 0.25) is 0 Å². The maximum atomic E-state index is 11.9. The Hall–Kier alpha value is -2.57. The molecule has 0 radical (unpaired) electrons. The second-order valence-corrected chi connectivity index (χ2v) is 4.37. The number of amides is 3. The molecule has 20 heavy (non-hydrogen) atoms. The van der Waals surface area contributed by atoms with Crippen molar-refractivity contribution in [3.8, 4) is 5.75 Å². The van der Waals surface area contributed by atoms with Gasteiger partial charge in [0.15, 0.2) is 0 Å². The lowest BCUT2D eigenvalue weighted by Crippen LogP contribution is -2.32. The number of carboxylic acid groups (broad SMARTS) is 1. The van der Waals surface area contributed by atoms with Crippen LogP contribution in [0.5, 0.6) is 5.75 Å². The van der Waals surface area contributed by atoms with Gasteiger partial charge in [-0.15, -0.1) is 0 Å². The number of methoxy groups -OCH3 is 1. The second kappa shape index (κ2) is 5.60. The quantitative estimate of drug-likeness (QED) is 0.768. The summed E-state index contributed by atoms with van der Waals surface area (Å²) in [5, 5.41) is 11.0. The van der Waals surface area contributed by atoms with Crippen molar-refractivity contribution in [2.45, 2.75) is 19.0 Å². The highest BCUT2D eigenvalue weighted by Crippen LogP contribution is 2.16. The Morgan fingerprint density at radius 1 is 1.35 bits per heavy atom. The molecule has 0 spiro atoms. The maximum Gasteiger partial charge on any atom is 0.325 e. The van der Waals surface area contributed by atoms with Gasteiger partial charge in [-0.25, -0.2) is 4.79 Å². The van der Waals surface area contributed by atoms with Crippen LogP contribution < -0.4 is 10.1 Å². The van der Waals surface area contributed by atoms with Crippen LogP contribution in [0.4, 0.5) is 4.79 Å². The summed E-state index contributed by atoms with van der Waals surface area (Å²) in [6.07, 6.45) is -0.413. The third kappa shape index (κ3) is 2.87. The Labute approximate surface area is 115 Å².